The summed E-state index contributed by atoms with van der Waals surface area (Å²) in [6.45, 7) is 6.21. The van der Waals surface area contributed by atoms with E-state index < -0.39 is 11.2 Å². The van der Waals surface area contributed by atoms with Crippen molar-refractivity contribution in [1.29, 1.82) is 0 Å². The monoisotopic (exact) mass is 461 g/mol. The maximum absolute atomic E-state index is 14.1. The lowest BCUT2D eigenvalue weighted by Crippen LogP contribution is -2.53. The van der Waals surface area contributed by atoms with Crippen LogP contribution >= 0.6 is 15.9 Å². The number of fused-ring (bicyclic) bond motifs is 1. The number of halogens is 2. The van der Waals surface area contributed by atoms with Crippen LogP contribution in [0.2, 0.25) is 0 Å². The minimum atomic E-state index is -0.784. The summed E-state index contributed by atoms with van der Waals surface area (Å²) in [4.78, 5) is 14.8. The number of benzene rings is 2. The fraction of sp³-hybridized carbons (Fsp3) is 0.435. The maximum Gasteiger partial charge on any atom is 0.410 e. The largest absolute Gasteiger partial charge is 0.480 e. The molecule has 2 heterocycles. The average Bonchev–Trinajstić information content (AvgIpc) is 3.26. The van der Waals surface area contributed by atoms with Gasteiger partial charge in [0.25, 0.3) is 0 Å². The van der Waals surface area contributed by atoms with Crippen molar-refractivity contribution in [3.05, 3.63) is 63.9 Å². The minimum absolute atomic E-state index is 0.206. The van der Waals surface area contributed by atoms with Gasteiger partial charge in [0.1, 0.15) is 17.2 Å². The van der Waals surface area contributed by atoms with Crippen LogP contribution in [0.1, 0.15) is 44.7 Å². The third-order valence-electron chi connectivity index (χ3n) is 5.53. The molecule has 2 aromatic carbocycles. The molecule has 1 fully saturated rings. The van der Waals surface area contributed by atoms with E-state index in [9.17, 15) is 9.18 Å². The van der Waals surface area contributed by atoms with Crippen molar-refractivity contribution < 1.29 is 18.7 Å². The van der Waals surface area contributed by atoms with E-state index in [0.717, 1.165) is 24.0 Å². The molecule has 2 aliphatic rings. The smallest absolute Gasteiger partial charge is 0.410 e. The Morgan fingerprint density at radius 3 is 2.69 bits per heavy atom. The normalized spacial score (nSPS) is 23.6. The van der Waals surface area contributed by atoms with Crippen molar-refractivity contribution >= 4 is 22.0 Å². The third kappa shape index (κ3) is 3.75. The van der Waals surface area contributed by atoms with Gasteiger partial charge in [-0.1, -0.05) is 46.3 Å². The van der Waals surface area contributed by atoms with Crippen molar-refractivity contribution in [2.75, 3.05) is 6.54 Å². The lowest BCUT2D eigenvalue weighted by Gasteiger charge is -2.40. The highest BCUT2D eigenvalue weighted by Crippen LogP contribution is 2.50. The molecule has 29 heavy (non-hydrogen) atoms. The molecule has 1 saturated heterocycles. The summed E-state index contributed by atoms with van der Waals surface area (Å²) in [5.74, 6) is 0.173. The van der Waals surface area contributed by atoms with E-state index in [-0.39, 0.29) is 18.0 Å². The van der Waals surface area contributed by atoms with E-state index in [1.165, 1.54) is 12.1 Å². The molecule has 2 aliphatic heterocycles. The zero-order chi connectivity index (χ0) is 20.8. The molecule has 6 heteroatoms. The molecule has 4 rings (SSSR count). The first kappa shape index (κ1) is 20.2. The molecule has 0 radical (unpaired) electrons. The molecule has 4 nitrogen and oxygen atoms in total. The van der Waals surface area contributed by atoms with Gasteiger partial charge in [-0.05, 0) is 45.2 Å². The highest BCUT2D eigenvalue weighted by Gasteiger charge is 2.53. The van der Waals surface area contributed by atoms with Crippen LogP contribution < -0.4 is 4.74 Å². The van der Waals surface area contributed by atoms with Gasteiger partial charge >= 0.3 is 6.09 Å². The Morgan fingerprint density at radius 1 is 1.28 bits per heavy atom. The molecule has 2 atom stereocenters. The first-order valence-corrected chi connectivity index (χ1v) is 10.7. The first-order chi connectivity index (χ1) is 13.7. The molecule has 0 N–H and O–H groups in total. The SMILES string of the molecule is CC(C)(C)OC(=O)N1CCC[C@H]1[C@@]1(c2ccccc2)Cc2c(Br)cc(F)cc2O1. The maximum atomic E-state index is 14.1. The molecule has 0 unspecified atom stereocenters. The Bertz CT molecular complexity index is 928. The van der Waals surface area contributed by atoms with E-state index >= 15 is 0 Å². The van der Waals surface area contributed by atoms with Gasteiger partial charge in [0.15, 0.2) is 5.60 Å². The zero-order valence-electron chi connectivity index (χ0n) is 16.9. The summed E-state index contributed by atoms with van der Waals surface area (Å²) in [6, 6.07) is 12.6. The summed E-state index contributed by atoms with van der Waals surface area (Å²) < 4.78 is 26.9. The number of rotatable bonds is 2. The second-order valence-electron chi connectivity index (χ2n) is 8.73. The number of nitrogens with zero attached hydrogens (tertiary/aromatic N) is 1. The Morgan fingerprint density at radius 2 is 2.00 bits per heavy atom. The molecule has 0 spiro atoms. The van der Waals surface area contributed by atoms with E-state index in [0.29, 0.717) is 23.2 Å². The number of hydrogen-bond donors (Lipinski definition) is 0. The van der Waals surface area contributed by atoms with Crippen LogP contribution in [-0.2, 0) is 16.8 Å². The first-order valence-electron chi connectivity index (χ1n) is 9.92. The fourth-order valence-electron chi connectivity index (χ4n) is 4.39. The Kier molecular flexibility index (Phi) is 5.09. The van der Waals surface area contributed by atoms with Gasteiger partial charge in [-0.25, -0.2) is 9.18 Å². The lowest BCUT2D eigenvalue weighted by atomic mass is 9.81. The van der Waals surface area contributed by atoms with E-state index in [4.69, 9.17) is 9.47 Å². The molecule has 0 bridgehead atoms. The van der Waals surface area contributed by atoms with Gasteiger partial charge < -0.3 is 14.4 Å². The topological polar surface area (TPSA) is 38.8 Å². The van der Waals surface area contributed by atoms with Gasteiger partial charge in [-0.2, -0.15) is 0 Å². The van der Waals surface area contributed by atoms with Gasteiger partial charge in [0.2, 0.25) is 0 Å². The van der Waals surface area contributed by atoms with Crippen molar-refractivity contribution in [2.45, 2.75) is 57.3 Å². The molecule has 0 aliphatic carbocycles. The summed E-state index contributed by atoms with van der Waals surface area (Å²) in [5.41, 5.74) is 0.540. The van der Waals surface area contributed by atoms with Gasteiger partial charge in [-0.3, -0.25) is 0 Å². The molecular formula is C23H25BrFNO3. The summed E-state index contributed by atoms with van der Waals surface area (Å²) in [6.07, 6.45) is 1.88. The molecule has 154 valence electrons. The van der Waals surface area contributed by atoms with E-state index in [1.54, 1.807) is 4.90 Å². The second-order valence-corrected chi connectivity index (χ2v) is 9.58. The number of ether oxygens (including phenoxy) is 2. The van der Waals surface area contributed by atoms with E-state index in [2.05, 4.69) is 15.9 Å². The van der Waals surface area contributed by atoms with Crippen molar-refractivity contribution in [2.24, 2.45) is 0 Å². The quantitative estimate of drug-likeness (QED) is 0.565. The van der Waals surface area contributed by atoms with Gasteiger partial charge in [0.05, 0.1) is 6.04 Å². The number of carbonyl (C=O) groups is 1. The second kappa shape index (κ2) is 7.31. The molecule has 2 aromatic rings. The van der Waals surface area contributed by atoms with Crippen LogP contribution in [0.5, 0.6) is 5.75 Å². The number of hydrogen-bond acceptors (Lipinski definition) is 3. The molecule has 0 aromatic heterocycles. The van der Waals surface area contributed by atoms with Crippen molar-refractivity contribution in [3.8, 4) is 5.75 Å². The predicted molar refractivity (Wildman–Crippen MR) is 113 cm³/mol. The van der Waals surface area contributed by atoms with Crippen LogP contribution in [-0.4, -0.2) is 29.2 Å². The lowest BCUT2D eigenvalue weighted by molar-refractivity contribution is -0.0216. The summed E-state index contributed by atoms with van der Waals surface area (Å²) in [5, 5.41) is 0. The van der Waals surface area contributed by atoms with Crippen molar-refractivity contribution in [3.63, 3.8) is 0 Å². The van der Waals surface area contributed by atoms with E-state index in [1.807, 2.05) is 51.1 Å². The molecule has 0 saturated carbocycles. The van der Waals surface area contributed by atoms with Crippen molar-refractivity contribution in [1.82, 2.24) is 4.90 Å². The van der Waals surface area contributed by atoms with Crippen LogP contribution in [0.3, 0.4) is 0 Å². The van der Waals surface area contributed by atoms with Gasteiger partial charge in [-0.15, -0.1) is 0 Å². The van der Waals surface area contributed by atoms with Gasteiger partial charge in [0, 0.05) is 29.1 Å². The number of likely N-dealkylation sites (tertiary alicyclic amines) is 1. The Hall–Kier alpha value is -2.08. The molecule has 1 amide bonds. The standard InChI is InChI=1S/C23H25BrFNO3/c1-22(2,3)29-21(27)26-11-7-10-20(26)23(15-8-5-4-6-9-15)14-17-18(24)12-16(25)13-19(17)28-23/h4-6,8-9,12-13,20H,7,10-11,14H2,1-3H3/t20-,23-/m0/s1. The zero-order valence-corrected chi connectivity index (χ0v) is 18.5. The van der Waals surface area contributed by atoms with Crippen LogP contribution in [0.4, 0.5) is 9.18 Å². The minimum Gasteiger partial charge on any atom is -0.480 e. The molecular weight excluding hydrogens is 437 g/mol. The van der Waals surface area contributed by atoms with Crippen LogP contribution in [0.15, 0.2) is 46.9 Å². The fourth-order valence-corrected chi connectivity index (χ4v) is 4.94. The third-order valence-corrected chi connectivity index (χ3v) is 6.24. The van der Waals surface area contributed by atoms with Crippen LogP contribution in [0.25, 0.3) is 0 Å². The highest BCUT2D eigenvalue weighted by molar-refractivity contribution is 9.10. The summed E-state index contributed by atoms with van der Waals surface area (Å²) >= 11 is 3.49. The average molecular weight is 462 g/mol. The Labute approximate surface area is 179 Å². The summed E-state index contributed by atoms with van der Waals surface area (Å²) in [7, 11) is 0. The Balaban J connectivity index is 1.77. The predicted octanol–water partition coefficient (Wildman–Crippen LogP) is 5.82. The highest BCUT2D eigenvalue weighted by atomic mass is 79.9. The number of carbonyl (C=O) groups excluding carboxylic acids is 1. The van der Waals surface area contributed by atoms with Crippen LogP contribution in [0, 0.1) is 5.82 Å². The number of amides is 1.